The van der Waals surface area contributed by atoms with Crippen LogP contribution in [0.15, 0.2) is 42.5 Å². The average molecular weight is 372 g/mol. The first-order valence-corrected chi connectivity index (χ1v) is 9.49. The van der Waals surface area contributed by atoms with Crippen molar-refractivity contribution in [2.45, 2.75) is 18.3 Å². The molecule has 2 aromatic carbocycles. The molecule has 1 unspecified atom stereocenters. The van der Waals surface area contributed by atoms with Gasteiger partial charge in [-0.15, -0.1) is 0 Å². The van der Waals surface area contributed by atoms with Crippen molar-refractivity contribution in [3.63, 3.8) is 0 Å². The Hall–Kier alpha value is -1.27. The van der Waals surface area contributed by atoms with E-state index in [1.165, 1.54) is 0 Å². The summed E-state index contributed by atoms with van der Waals surface area (Å²) in [6, 6.07) is 12.5. The fourth-order valence-electron chi connectivity index (χ4n) is 2.49. The highest BCUT2D eigenvalue weighted by Crippen LogP contribution is 2.28. The number of rotatable bonds is 5. The number of fused-ring (bicyclic) bond motifs is 1. The van der Waals surface area contributed by atoms with Gasteiger partial charge < -0.3 is 4.74 Å². The summed E-state index contributed by atoms with van der Waals surface area (Å²) in [5, 5.41) is 0.742. The molecule has 0 amide bonds. The van der Waals surface area contributed by atoms with Gasteiger partial charge in [-0.2, -0.15) is 0 Å². The minimum absolute atomic E-state index is 0.149. The largest absolute Gasteiger partial charge is 0.488 e. The Labute approximate surface area is 145 Å². The first kappa shape index (κ1) is 16.6. The van der Waals surface area contributed by atoms with E-state index in [-0.39, 0.29) is 18.4 Å². The molecule has 0 fully saturated rings. The highest BCUT2D eigenvalue weighted by atomic mass is 35.5. The Balaban J connectivity index is 1.58. The van der Waals surface area contributed by atoms with Crippen LogP contribution in [-0.4, -0.2) is 21.1 Å². The van der Waals surface area contributed by atoms with E-state index in [4.69, 9.17) is 27.9 Å². The van der Waals surface area contributed by atoms with Crippen molar-refractivity contribution in [1.29, 1.82) is 0 Å². The highest BCUT2D eigenvalue weighted by molar-refractivity contribution is 7.88. The normalized spacial score (nSPS) is 16.9. The first-order valence-electron chi connectivity index (χ1n) is 7.09. The van der Waals surface area contributed by atoms with Crippen LogP contribution in [0.1, 0.15) is 11.1 Å². The maximum absolute atomic E-state index is 12.2. The Bertz CT molecular complexity index is 799. The van der Waals surface area contributed by atoms with Gasteiger partial charge in [0.05, 0.1) is 15.8 Å². The number of halogens is 2. The molecule has 0 aromatic heterocycles. The van der Waals surface area contributed by atoms with Gasteiger partial charge in [0, 0.05) is 13.0 Å². The predicted octanol–water partition coefficient (Wildman–Crippen LogP) is 3.42. The van der Waals surface area contributed by atoms with Crippen LogP contribution in [-0.2, 0) is 22.2 Å². The van der Waals surface area contributed by atoms with E-state index in [0.29, 0.717) is 22.0 Å². The molecule has 1 heterocycles. The third-order valence-corrected chi connectivity index (χ3v) is 5.64. The second-order valence-corrected chi connectivity index (χ2v) is 8.03. The molecule has 0 bridgehead atoms. The molecular weight excluding hydrogens is 357 g/mol. The zero-order valence-electron chi connectivity index (χ0n) is 12.1. The summed E-state index contributed by atoms with van der Waals surface area (Å²) in [7, 11) is -3.47. The van der Waals surface area contributed by atoms with Crippen LogP contribution in [0.5, 0.6) is 5.75 Å². The maximum atomic E-state index is 12.2. The quantitative estimate of drug-likeness (QED) is 0.875. The second-order valence-electron chi connectivity index (χ2n) is 5.41. The Morgan fingerprint density at radius 1 is 1.13 bits per heavy atom. The van der Waals surface area contributed by atoms with E-state index in [2.05, 4.69) is 4.72 Å². The van der Waals surface area contributed by atoms with E-state index in [0.717, 1.165) is 11.3 Å². The van der Waals surface area contributed by atoms with Crippen LogP contribution >= 0.6 is 23.2 Å². The third-order valence-electron chi connectivity index (χ3n) is 3.59. The molecule has 0 saturated heterocycles. The van der Waals surface area contributed by atoms with Crippen molar-refractivity contribution >= 4 is 33.2 Å². The van der Waals surface area contributed by atoms with Crippen molar-refractivity contribution in [2.75, 3.05) is 6.54 Å². The zero-order chi connectivity index (χ0) is 16.4. The fraction of sp³-hybridized carbons (Fsp3) is 0.250. The maximum Gasteiger partial charge on any atom is 0.215 e. The standard InChI is InChI=1S/C16H15Cl2NO3S/c17-14-6-5-11(7-15(14)18)10-23(20,21)19-9-13-8-12-3-1-2-4-16(12)22-13/h1-7,13,19H,8-10H2. The molecule has 0 saturated carbocycles. The van der Waals surface area contributed by atoms with Crippen molar-refractivity contribution in [2.24, 2.45) is 0 Å². The molecule has 4 nitrogen and oxygen atoms in total. The summed E-state index contributed by atoms with van der Waals surface area (Å²) in [6.07, 6.45) is 0.516. The van der Waals surface area contributed by atoms with Crippen molar-refractivity contribution in [3.05, 3.63) is 63.6 Å². The minimum atomic E-state index is -3.47. The molecule has 23 heavy (non-hydrogen) atoms. The van der Waals surface area contributed by atoms with Gasteiger partial charge in [-0.25, -0.2) is 13.1 Å². The van der Waals surface area contributed by atoms with Crippen LogP contribution in [0.3, 0.4) is 0 Å². The molecule has 122 valence electrons. The minimum Gasteiger partial charge on any atom is -0.488 e. The zero-order valence-corrected chi connectivity index (χ0v) is 14.5. The molecule has 1 N–H and O–H groups in total. The summed E-state index contributed by atoms with van der Waals surface area (Å²) in [4.78, 5) is 0. The number of nitrogens with one attached hydrogen (secondary N) is 1. The van der Waals surface area contributed by atoms with Gasteiger partial charge in [0.15, 0.2) is 0 Å². The van der Waals surface area contributed by atoms with Crippen LogP contribution in [0, 0.1) is 0 Å². The summed E-state index contributed by atoms with van der Waals surface area (Å²) in [5.74, 6) is 0.671. The Kier molecular flexibility index (Phi) is 4.82. The lowest BCUT2D eigenvalue weighted by atomic mass is 10.1. The summed E-state index contributed by atoms with van der Waals surface area (Å²) in [5.41, 5.74) is 1.68. The lowest BCUT2D eigenvalue weighted by molar-refractivity contribution is 0.236. The highest BCUT2D eigenvalue weighted by Gasteiger charge is 2.24. The number of hydrogen-bond donors (Lipinski definition) is 1. The van der Waals surface area contributed by atoms with Gasteiger partial charge in [-0.05, 0) is 29.3 Å². The number of ether oxygens (including phenoxy) is 1. The molecule has 3 rings (SSSR count). The molecule has 1 aliphatic heterocycles. The number of para-hydroxylation sites is 1. The van der Waals surface area contributed by atoms with Crippen LogP contribution in [0.25, 0.3) is 0 Å². The lowest BCUT2D eigenvalue weighted by Gasteiger charge is -2.12. The van der Waals surface area contributed by atoms with E-state index in [1.807, 2.05) is 24.3 Å². The van der Waals surface area contributed by atoms with Gasteiger partial charge in [-0.1, -0.05) is 47.5 Å². The second kappa shape index (κ2) is 6.69. The molecule has 0 spiro atoms. The predicted molar refractivity (Wildman–Crippen MR) is 91.7 cm³/mol. The van der Waals surface area contributed by atoms with Crippen molar-refractivity contribution in [1.82, 2.24) is 4.72 Å². The van der Waals surface area contributed by atoms with E-state index in [9.17, 15) is 8.42 Å². The Morgan fingerprint density at radius 3 is 2.65 bits per heavy atom. The number of sulfonamides is 1. The van der Waals surface area contributed by atoms with Gasteiger partial charge in [0.25, 0.3) is 0 Å². The molecular formula is C16H15Cl2NO3S. The first-order chi connectivity index (χ1) is 10.9. The number of benzene rings is 2. The lowest BCUT2D eigenvalue weighted by Crippen LogP contribution is -2.35. The average Bonchev–Trinajstić information content (AvgIpc) is 2.92. The van der Waals surface area contributed by atoms with Crippen molar-refractivity contribution < 1.29 is 13.2 Å². The number of hydrogen-bond acceptors (Lipinski definition) is 3. The summed E-state index contributed by atoms with van der Waals surface area (Å²) in [6.45, 7) is 0.234. The smallest absolute Gasteiger partial charge is 0.215 e. The van der Waals surface area contributed by atoms with Gasteiger partial charge in [0.2, 0.25) is 10.0 Å². The van der Waals surface area contributed by atoms with Gasteiger partial charge >= 0.3 is 0 Å². The summed E-state index contributed by atoms with van der Waals surface area (Å²) >= 11 is 11.7. The fourth-order valence-corrected chi connectivity index (χ4v) is 3.97. The van der Waals surface area contributed by atoms with Crippen molar-refractivity contribution in [3.8, 4) is 5.75 Å². The molecule has 0 aliphatic carbocycles. The Morgan fingerprint density at radius 2 is 1.91 bits per heavy atom. The molecule has 0 radical (unpaired) electrons. The molecule has 1 aliphatic rings. The van der Waals surface area contributed by atoms with E-state index < -0.39 is 10.0 Å². The third kappa shape index (κ3) is 4.18. The van der Waals surface area contributed by atoms with Crippen LogP contribution in [0.2, 0.25) is 10.0 Å². The molecule has 7 heteroatoms. The van der Waals surface area contributed by atoms with Crippen LogP contribution in [0.4, 0.5) is 0 Å². The summed E-state index contributed by atoms with van der Waals surface area (Å²) < 4.78 is 32.7. The SMILES string of the molecule is O=S(=O)(Cc1ccc(Cl)c(Cl)c1)NCC1Cc2ccccc2O1. The van der Waals surface area contributed by atoms with Gasteiger partial charge in [-0.3, -0.25) is 0 Å². The topological polar surface area (TPSA) is 55.4 Å². The van der Waals surface area contributed by atoms with E-state index >= 15 is 0 Å². The van der Waals surface area contributed by atoms with Crippen LogP contribution < -0.4 is 9.46 Å². The monoisotopic (exact) mass is 371 g/mol. The van der Waals surface area contributed by atoms with E-state index in [1.54, 1.807) is 18.2 Å². The molecule has 2 aromatic rings. The molecule has 1 atom stereocenters. The van der Waals surface area contributed by atoms with Gasteiger partial charge in [0.1, 0.15) is 11.9 Å².